The Morgan fingerprint density at radius 1 is 0.153 bits per heavy atom. The Hall–Kier alpha value is 7.29. The Morgan fingerprint density at radius 3 is 0.153 bits per heavy atom. The first-order valence-corrected chi connectivity index (χ1v) is 21.9. The summed E-state index contributed by atoms with van der Waals surface area (Å²) >= 11 is 0. The minimum absolute atomic E-state index is 0. The van der Waals surface area contributed by atoms with Crippen molar-refractivity contribution in [2.24, 2.45) is 0 Å². The Balaban J connectivity index is -0.0000000174. The standard InChI is InChI=1S/3Li.10H3O4P.3V.3Zr/c;;;10*1-5(2,3)4;;;;;;/h;;;10*(H3,1,2,3,4);;;;;;/q3*+1;;;;;;;;;;;3*+5;3*+4/p-30. The minimum Gasteiger partial charge on any atom is -0.822 e. The number of hydrogen-bond acceptors (Lipinski definition) is 40. The molecule has 0 heterocycles. The van der Waals surface area contributed by atoms with Crippen molar-refractivity contribution in [2.45, 2.75) is 0 Å². The largest absolute Gasteiger partial charge is 5.00 e. The molecule has 0 saturated carbocycles. The van der Waals surface area contributed by atoms with Crippen LogP contribution in [0.15, 0.2) is 0 Å². The molecule has 0 bridgehead atoms. The number of rotatable bonds is 0. The van der Waals surface area contributed by atoms with Crippen LogP contribution in [0, 0.1) is 0 Å². The second-order valence-corrected chi connectivity index (χ2v) is 13.4. The zero-order chi connectivity index (χ0) is 45.0. The summed E-state index contributed by atoms with van der Waals surface area (Å²) in [6.07, 6.45) is 0. The normalized spacial score (nSPS) is 10.0. The quantitative estimate of drug-likeness (QED) is 0.160. The maximum absolute atomic E-state index is 8.55. The molecule has 0 amide bonds. The SMILES string of the molecule is O=P([O-])([O-])[O-].O=P([O-])([O-])[O-].O=P([O-])([O-])[O-].O=P([O-])([O-])[O-].O=P([O-])([O-])[O-].O=P([O-])([O-])[O-].O=P([O-])([O-])[O-].O=P([O-])([O-])[O-].O=P([O-])([O-])[O-].O=P([O-])([O-])[O-].[Li+].[Li+].[Li+].[V+5].[V+5].[V+5].[Zr+4].[Zr+4].[Zr+4]. The third-order valence-electron chi connectivity index (χ3n) is 0. The Morgan fingerprint density at radius 2 is 0.153 bits per heavy atom. The van der Waals surface area contributed by atoms with E-state index in [9.17, 15) is 0 Å². The van der Waals surface area contributed by atoms with Gasteiger partial charge in [0.05, 0.1) is 0 Å². The molecular formula is Li3O40P10V3Zr3. The molecule has 59 heavy (non-hydrogen) atoms. The molecule has 0 aromatic carbocycles. The molecule has 0 spiro atoms. The van der Waals surface area contributed by atoms with Gasteiger partial charge in [-0.05, 0) is 0 Å². The molecule has 0 aliphatic carbocycles. The summed E-state index contributed by atoms with van der Waals surface area (Å²) in [6, 6.07) is 0. The van der Waals surface area contributed by atoms with E-state index < -0.39 is 78.2 Å². The van der Waals surface area contributed by atoms with Crippen molar-refractivity contribution >= 4 is 78.2 Å². The van der Waals surface area contributed by atoms with Gasteiger partial charge in [0, 0.05) is 0 Å². The van der Waals surface area contributed by atoms with E-state index in [1.165, 1.54) is 0 Å². The predicted molar refractivity (Wildman–Crippen MR) is 76.1 cm³/mol. The molecule has 0 aliphatic rings. The van der Waals surface area contributed by atoms with Crippen molar-refractivity contribution in [3.63, 3.8) is 0 Å². The van der Waals surface area contributed by atoms with Gasteiger partial charge < -0.3 is 192 Å². The van der Waals surface area contributed by atoms with Crippen molar-refractivity contribution in [1.82, 2.24) is 0 Å². The van der Waals surface area contributed by atoms with E-state index in [-0.39, 0.29) is 191 Å². The topological polar surface area (TPSA) is 862 Å². The van der Waals surface area contributed by atoms with Crippen LogP contribution >= 0.6 is 78.2 Å². The second kappa shape index (κ2) is 59.6. The monoisotopic (exact) mass is 1390 g/mol. The maximum Gasteiger partial charge on any atom is 5.00 e. The average molecular weight is 1400 g/mol. The van der Waals surface area contributed by atoms with Crippen LogP contribution in [0.4, 0.5) is 0 Å². The molecule has 0 atom stereocenters. The summed E-state index contributed by atoms with van der Waals surface area (Å²) in [5, 5.41) is 0. The van der Waals surface area contributed by atoms with Crippen molar-refractivity contribution in [2.75, 3.05) is 0 Å². The molecule has 0 rings (SSSR count). The second-order valence-electron chi connectivity index (χ2n) is 4.47. The maximum atomic E-state index is 8.55. The van der Waals surface area contributed by atoms with Crippen LogP contribution in [-0.4, -0.2) is 0 Å². The average Bonchev–Trinajstić information content (AvgIpc) is 2.34. The molecule has 0 aliphatic heterocycles. The molecule has 0 N–H and O–H groups in total. The van der Waals surface area contributed by atoms with Gasteiger partial charge >= 0.3 is 191 Å². The zero-order valence-electron chi connectivity index (χ0n) is 26.6. The fourth-order valence-corrected chi connectivity index (χ4v) is 0. The van der Waals surface area contributed by atoms with Gasteiger partial charge in [-0.3, -0.25) is 0 Å². The third-order valence-corrected chi connectivity index (χ3v) is 0. The third kappa shape index (κ3) is 4920. The van der Waals surface area contributed by atoms with Gasteiger partial charge in [0.2, 0.25) is 0 Å². The van der Waals surface area contributed by atoms with Crippen LogP contribution in [-0.2, 0) is 180 Å². The summed E-state index contributed by atoms with van der Waals surface area (Å²) in [6.45, 7) is 0. The van der Waals surface area contributed by atoms with E-state index in [4.69, 9.17) is 192 Å². The minimum atomic E-state index is -5.39. The number of phosphoric acid groups is 10. The molecule has 0 fully saturated rings. The summed E-state index contributed by atoms with van der Waals surface area (Å²) in [5.41, 5.74) is 0. The predicted octanol–water partition coefficient (Wildman–Crippen LogP) is -37.2. The molecule has 40 nitrogen and oxygen atoms in total. The molecule has 320 valence electrons. The van der Waals surface area contributed by atoms with Gasteiger partial charge in [0.15, 0.2) is 0 Å². The molecule has 0 aromatic heterocycles. The molecule has 0 radical (unpaired) electrons. The van der Waals surface area contributed by atoms with E-state index >= 15 is 0 Å². The van der Waals surface area contributed by atoms with Crippen LogP contribution < -0.4 is 203 Å². The molecular weight excluding hydrogens is 1400 g/mol. The summed E-state index contributed by atoms with van der Waals surface area (Å²) in [7, 11) is -53.9. The van der Waals surface area contributed by atoms with Crippen LogP contribution in [0.2, 0.25) is 0 Å². The van der Waals surface area contributed by atoms with Crippen molar-refractivity contribution in [3.05, 3.63) is 0 Å². The molecule has 0 aromatic rings. The number of hydrogen-bond donors (Lipinski definition) is 0. The van der Waals surface area contributed by atoms with E-state index in [0.29, 0.717) is 0 Å². The van der Waals surface area contributed by atoms with Gasteiger partial charge in [-0.15, -0.1) is 0 Å². The fourth-order valence-electron chi connectivity index (χ4n) is 0. The molecule has 0 saturated heterocycles. The van der Waals surface area contributed by atoms with Crippen LogP contribution in [0.5, 0.6) is 0 Å². The summed E-state index contributed by atoms with van der Waals surface area (Å²) in [4.78, 5) is 256. The summed E-state index contributed by atoms with van der Waals surface area (Å²) < 4.78 is 85.5. The Labute approximate surface area is 455 Å². The smallest absolute Gasteiger partial charge is 0.822 e. The van der Waals surface area contributed by atoms with E-state index in [1.54, 1.807) is 0 Å². The van der Waals surface area contributed by atoms with E-state index in [1.807, 2.05) is 0 Å². The summed E-state index contributed by atoms with van der Waals surface area (Å²) in [5.74, 6) is 0. The Kier molecular flexibility index (Phi) is 128. The molecule has 59 heteroatoms. The van der Waals surface area contributed by atoms with Gasteiger partial charge in [-0.1, -0.05) is 0 Å². The first-order valence-electron chi connectivity index (χ1n) is 7.30. The van der Waals surface area contributed by atoms with Gasteiger partial charge in [0.25, 0.3) is 0 Å². The Bertz CT molecular complexity index is 881. The fraction of sp³-hybridized carbons (Fsp3) is 0. The van der Waals surface area contributed by atoms with E-state index in [2.05, 4.69) is 0 Å². The van der Waals surface area contributed by atoms with Crippen molar-refractivity contribution < 1.29 is 383 Å². The van der Waals surface area contributed by atoms with Gasteiger partial charge in [-0.25, -0.2) is 0 Å². The zero-order valence-corrected chi connectivity index (χ0v) is 47.2. The van der Waals surface area contributed by atoms with Crippen molar-refractivity contribution in [1.29, 1.82) is 0 Å². The van der Waals surface area contributed by atoms with Crippen LogP contribution in [0.25, 0.3) is 0 Å². The first-order chi connectivity index (χ1) is 20.0. The first kappa shape index (κ1) is 126. The van der Waals surface area contributed by atoms with Crippen LogP contribution in [0.3, 0.4) is 0 Å². The van der Waals surface area contributed by atoms with Gasteiger partial charge in [-0.2, -0.15) is 78.2 Å². The van der Waals surface area contributed by atoms with E-state index in [0.717, 1.165) is 0 Å². The van der Waals surface area contributed by atoms with Crippen LogP contribution in [0.1, 0.15) is 0 Å². The van der Waals surface area contributed by atoms with Crippen molar-refractivity contribution in [3.8, 4) is 0 Å². The molecule has 0 unspecified atom stereocenters. The van der Waals surface area contributed by atoms with Gasteiger partial charge in [0.1, 0.15) is 0 Å².